The highest BCUT2D eigenvalue weighted by atomic mass is 35.5. The molecule has 0 bridgehead atoms. The van der Waals surface area contributed by atoms with E-state index < -0.39 is 0 Å². The second-order valence-corrected chi connectivity index (χ2v) is 7.65. The van der Waals surface area contributed by atoms with Crippen LogP contribution in [0.25, 0.3) is 0 Å². The molecule has 5 heteroatoms. The standard InChI is InChI=1S/C15H21ClN2OS/c1-10(13-4-5-14(16)20-13)17-12-6-8-18(9-7-12)15(19)11-2-3-11/h4-5,10-12,17H,2-3,6-9H2,1H3. The van der Waals surface area contributed by atoms with Gasteiger partial charge in [0.15, 0.2) is 0 Å². The molecule has 2 heterocycles. The molecular formula is C15H21ClN2OS. The van der Waals surface area contributed by atoms with Gasteiger partial charge in [0.05, 0.1) is 4.34 Å². The van der Waals surface area contributed by atoms with Crippen LogP contribution in [0, 0.1) is 5.92 Å². The summed E-state index contributed by atoms with van der Waals surface area (Å²) in [6.07, 6.45) is 4.32. The summed E-state index contributed by atoms with van der Waals surface area (Å²) in [5.74, 6) is 0.744. The fourth-order valence-electron chi connectivity index (χ4n) is 2.85. The number of halogens is 1. The molecule has 1 aromatic heterocycles. The van der Waals surface area contributed by atoms with Crippen LogP contribution in [0.2, 0.25) is 4.34 Å². The molecular weight excluding hydrogens is 292 g/mol. The third-order valence-electron chi connectivity index (χ3n) is 4.24. The van der Waals surface area contributed by atoms with Gasteiger partial charge in [-0.2, -0.15) is 0 Å². The van der Waals surface area contributed by atoms with Gasteiger partial charge in [-0.15, -0.1) is 11.3 Å². The zero-order valence-corrected chi connectivity index (χ0v) is 13.3. The van der Waals surface area contributed by atoms with Crippen LogP contribution in [-0.2, 0) is 4.79 Å². The number of carbonyl (C=O) groups excluding carboxylic acids is 1. The number of nitrogens with one attached hydrogen (secondary N) is 1. The third-order valence-corrected chi connectivity index (χ3v) is 5.65. The monoisotopic (exact) mass is 312 g/mol. The van der Waals surface area contributed by atoms with Crippen LogP contribution >= 0.6 is 22.9 Å². The maximum atomic E-state index is 12.0. The number of carbonyl (C=O) groups is 1. The number of hydrogen-bond acceptors (Lipinski definition) is 3. The molecule has 1 unspecified atom stereocenters. The number of thiophene rings is 1. The van der Waals surface area contributed by atoms with Gasteiger partial charge in [0.1, 0.15) is 0 Å². The summed E-state index contributed by atoms with van der Waals surface area (Å²) >= 11 is 7.62. The predicted molar refractivity (Wildman–Crippen MR) is 83.2 cm³/mol. The largest absolute Gasteiger partial charge is 0.342 e. The van der Waals surface area contributed by atoms with Crippen LogP contribution in [0.4, 0.5) is 0 Å². The molecule has 0 spiro atoms. The number of rotatable bonds is 4. The predicted octanol–water partition coefficient (Wildman–Crippen LogP) is 3.45. The topological polar surface area (TPSA) is 32.3 Å². The molecule has 20 heavy (non-hydrogen) atoms. The summed E-state index contributed by atoms with van der Waals surface area (Å²) in [6, 6.07) is 4.89. The molecule has 0 radical (unpaired) electrons. The molecule has 1 saturated heterocycles. The van der Waals surface area contributed by atoms with E-state index in [4.69, 9.17) is 11.6 Å². The lowest BCUT2D eigenvalue weighted by Crippen LogP contribution is -2.45. The maximum Gasteiger partial charge on any atom is 0.225 e. The first-order valence-corrected chi connectivity index (χ1v) is 8.63. The highest BCUT2D eigenvalue weighted by Crippen LogP contribution is 2.32. The van der Waals surface area contributed by atoms with E-state index in [0.717, 1.165) is 43.1 Å². The Kier molecular flexibility index (Phi) is 4.34. The van der Waals surface area contributed by atoms with Crippen LogP contribution in [0.15, 0.2) is 12.1 Å². The molecule has 110 valence electrons. The van der Waals surface area contributed by atoms with Crippen molar-refractivity contribution >= 4 is 28.8 Å². The van der Waals surface area contributed by atoms with Gasteiger partial charge >= 0.3 is 0 Å². The molecule has 0 aromatic carbocycles. The number of likely N-dealkylation sites (tertiary alicyclic amines) is 1. The first-order chi connectivity index (χ1) is 9.63. The van der Waals surface area contributed by atoms with Gasteiger partial charge in [0.2, 0.25) is 5.91 Å². The molecule has 1 amide bonds. The molecule has 3 nitrogen and oxygen atoms in total. The van der Waals surface area contributed by atoms with E-state index in [0.29, 0.717) is 23.9 Å². The van der Waals surface area contributed by atoms with Gasteiger partial charge in [0, 0.05) is 36.0 Å². The van der Waals surface area contributed by atoms with E-state index in [9.17, 15) is 4.79 Å². The Morgan fingerprint density at radius 1 is 1.35 bits per heavy atom. The maximum absolute atomic E-state index is 12.0. The first-order valence-electron chi connectivity index (χ1n) is 7.43. The van der Waals surface area contributed by atoms with E-state index in [2.05, 4.69) is 23.2 Å². The Labute approximate surface area is 129 Å². The average molecular weight is 313 g/mol. The van der Waals surface area contributed by atoms with Crippen molar-refractivity contribution in [1.82, 2.24) is 10.2 Å². The second-order valence-electron chi connectivity index (χ2n) is 5.90. The lowest BCUT2D eigenvalue weighted by Gasteiger charge is -2.34. The normalized spacial score (nSPS) is 22.0. The van der Waals surface area contributed by atoms with Crippen molar-refractivity contribution in [1.29, 1.82) is 0 Å². The van der Waals surface area contributed by atoms with Gasteiger partial charge in [-0.3, -0.25) is 4.79 Å². The quantitative estimate of drug-likeness (QED) is 0.923. The van der Waals surface area contributed by atoms with Crippen LogP contribution in [0.1, 0.15) is 43.5 Å². The van der Waals surface area contributed by atoms with Gasteiger partial charge < -0.3 is 10.2 Å². The van der Waals surface area contributed by atoms with E-state index in [1.54, 1.807) is 11.3 Å². The number of piperidine rings is 1. The van der Waals surface area contributed by atoms with E-state index in [1.807, 2.05) is 6.07 Å². The Morgan fingerprint density at radius 3 is 2.60 bits per heavy atom. The summed E-state index contributed by atoms with van der Waals surface area (Å²) in [6.45, 7) is 4.00. The first kappa shape index (κ1) is 14.4. The fraction of sp³-hybridized carbons (Fsp3) is 0.667. The van der Waals surface area contributed by atoms with Crippen molar-refractivity contribution in [3.63, 3.8) is 0 Å². The van der Waals surface area contributed by atoms with Crippen molar-refractivity contribution in [2.75, 3.05) is 13.1 Å². The lowest BCUT2D eigenvalue weighted by atomic mass is 10.0. The second kappa shape index (κ2) is 6.04. The van der Waals surface area contributed by atoms with E-state index in [-0.39, 0.29) is 0 Å². The molecule has 1 aromatic rings. The zero-order chi connectivity index (χ0) is 14.1. The molecule has 1 aliphatic carbocycles. The highest BCUT2D eigenvalue weighted by Gasteiger charge is 2.35. The highest BCUT2D eigenvalue weighted by molar-refractivity contribution is 7.16. The summed E-state index contributed by atoms with van der Waals surface area (Å²) in [5.41, 5.74) is 0. The number of nitrogens with zero attached hydrogens (tertiary/aromatic N) is 1. The lowest BCUT2D eigenvalue weighted by molar-refractivity contribution is -0.133. The molecule has 2 aliphatic rings. The Bertz CT molecular complexity index is 478. The fourth-order valence-corrected chi connectivity index (χ4v) is 3.92. The van der Waals surface area contributed by atoms with Crippen molar-refractivity contribution in [2.45, 2.75) is 44.7 Å². The summed E-state index contributed by atoms with van der Waals surface area (Å²) in [4.78, 5) is 15.3. The Balaban J connectivity index is 1.47. The molecule has 1 saturated carbocycles. The van der Waals surface area contributed by atoms with Gasteiger partial charge in [-0.1, -0.05) is 11.6 Å². The molecule has 2 fully saturated rings. The van der Waals surface area contributed by atoms with E-state index >= 15 is 0 Å². The summed E-state index contributed by atoms with van der Waals surface area (Å²) in [5, 5.41) is 3.67. The van der Waals surface area contributed by atoms with Crippen molar-refractivity contribution < 1.29 is 4.79 Å². The minimum absolute atomic E-state index is 0.336. The smallest absolute Gasteiger partial charge is 0.225 e. The molecule has 1 atom stereocenters. The third kappa shape index (κ3) is 3.35. The Hall–Kier alpha value is -0.580. The number of hydrogen-bond donors (Lipinski definition) is 1. The van der Waals surface area contributed by atoms with Crippen LogP contribution in [-0.4, -0.2) is 29.9 Å². The van der Waals surface area contributed by atoms with Gasteiger partial charge in [0.25, 0.3) is 0 Å². The minimum Gasteiger partial charge on any atom is -0.342 e. The van der Waals surface area contributed by atoms with Gasteiger partial charge in [-0.25, -0.2) is 0 Å². The minimum atomic E-state index is 0.336. The van der Waals surface area contributed by atoms with Crippen LogP contribution < -0.4 is 5.32 Å². The van der Waals surface area contributed by atoms with Crippen LogP contribution in [0.3, 0.4) is 0 Å². The zero-order valence-electron chi connectivity index (χ0n) is 11.8. The Morgan fingerprint density at radius 2 is 2.05 bits per heavy atom. The molecule has 1 N–H and O–H groups in total. The SMILES string of the molecule is CC(NC1CCN(C(=O)C2CC2)CC1)c1ccc(Cl)s1. The van der Waals surface area contributed by atoms with Crippen molar-refractivity contribution in [2.24, 2.45) is 5.92 Å². The van der Waals surface area contributed by atoms with Crippen molar-refractivity contribution in [3.8, 4) is 0 Å². The van der Waals surface area contributed by atoms with Gasteiger partial charge in [-0.05, 0) is 44.7 Å². The summed E-state index contributed by atoms with van der Waals surface area (Å²) < 4.78 is 0.846. The summed E-state index contributed by atoms with van der Waals surface area (Å²) in [7, 11) is 0. The van der Waals surface area contributed by atoms with Crippen molar-refractivity contribution in [3.05, 3.63) is 21.3 Å². The molecule has 1 aliphatic heterocycles. The molecule has 3 rings (SSSR count). The average Bonchev–Trinajstić information content (AvgIpc) is 3.20. The van der Waals surface area contributed by atoms with Crippen LogP contribution in [0.5, 0.6) is 0 Å². The van der Waals surface area contributed by atoms with E-state index in [1.165, 1.54) is 4.88 Å². The number of amides is 1.